The van der Waals surface area contributed by atoms with Crippen LogP contribution in [0.1, 0.15) is 26.6 Å². The quantitative estimate of drug-likeness (QED) is 0.921. The van der Waals surface area contributed by atoms with Gasteiger partial charge in [-0.3, -0.25) is 4.79 Å². The number of nitrogens with one attached hydrogen (secondary N) is 1. The fourth-order valence-electron chi connectivity index (χ4n) is 2.31. The van der Waals surface area contributed by atoms with E-state index in [2.05, 4.69) is 23.3 Å². The minimum atomic E-state index is -0.321. The first-order valence-corrected chi connectivity index (χ1v) is 7.08. The second kappa shape index (κ2) is 5.12. The third kappa shape index (κ3) is 2.22. The zero-order chi connectivity index (χ0) is 14.1. The molecule has 1 amide bonds. The zero-order valence-corrected chi connectivity index (χ0v) is 11.8. The molecule has 0 aromatic carbocycles. The molecule has 0 saturated heterocycles. The summed E-state index contributed by atoms with van der Waals surface area (Å²) >= 11 is 1.48. The summed E-state index contributed by atoms with van der Waals surface area (Å²) in [5.74, 6) is -0.0733. The van der Waals surface area contributed by atoms with E-state index in [0.29, 0.717) is 10.6 Å². The average molecular weight is 287 g/mol. The number of amides is 1. The zero-order valence-electron chi connectivity index (χ0n) is 11.0. The molecule has 0 unspecified atom stereocenters. The van der Waals surface area contributed by atoms with Gasteiger partial charge < -0.3 is 14.6 Å². The molecule has 3 heterocycles. The van der Waals surface area contributed by atoms with Gasteiger partial charge in [-0.25, -0.2) is 0 Å². The first-order valence-electron chi connectivity index (χ1n) is 6.27. The molecule has 0 radical (unpaired) electrons. The van der Waals surface area contributed by atoms with Crippen molar-refractivity contribution in [1.29, 1.82) is 5.26 Å². The fourth-order valence-corrected chi connectivity index (χ4v) is 3.58. The highest BCUT2D eigenvalue weighted by Gasteiger charge is 2.24. The molecule has 1 N–H and O–H groups in total. The van der Waals surface area contributed by atoms with E-state index in [4.69, 9.17) is 4.42 Å². The van der Waals surface area contributed by atoms with Crippen LogP contribution in [0, 0.1) is 11.3 Å². The van der Waals surface area contributed by atoms with Crippen LogP contribution in [0.2, 0.25) is 0 Å². The number of likely N-dealkylation sites (N-methyl/N-ethyl adjacent to an activating group) is 1. The number of nitrogens with zero attached hydrogens (tertiary/aromatic N) is 2. The highest BCUT2D eigenvalue weighted by Crippen LogP contribution is 2.36. The Morgan fingerprint density at radius 2 is 2.45 bits per heavy atom. The Labute approximate surface area is 120 Å². The van der Waals surface area contributed by atoms with Gasteiger partial charge in [0.25, 0.3) is 5.91 Å². The van der Waals surface area contributed by atoms with Gasteiger partial charge in [0.15, 0.2) is 5.76 Å². The topological polar surface area (TPSA) is 69.3 Å². The molecular formula is C14H13N3O2S. The van der Waals surface area contributed by atoms with E-state index in [1.807, 2.05) is 0 Å². The van der Waals surface area contributed by atoms with Gasteiger partial charge in [0.2, 0.25) is 0 Å². The standard InChI is InChI=1S/C14H13N3O2S/c1-17-5-4-9-10(7-15)14(20-12(9)8-17)16-13(18)11-3-2-6-19-11/h2-3,6H,4-5,8H2,1H3,(H,16,18). The fraction of sp³-hybridized carbons (Fsp3) is 0.286. The normalized spacial score (nSPS) is 14.6. The number of anilines is 1. The number of nitriles is 1. The Balaban J connectivity index is 1.91. The van der Waals surface area contributed by atoms with Crippen LogP contribution in [0.15, 0.2) is 22.8 Å². The summed E-state index contributed by atoms with van der Waals surface area (Å²) in [6, 6.07) is 5.48. The molecule has 6 heteroatoms. The molecule has 2 aromatic rings. The van der Waals surface area contributed by atoms with Crippen LogP contribution in [0.3, 0.4) is 0 Å². The lowest BCUT2D eigenvalue weighted by molar-refractivity contribution is 0.0997. The maximum absolute atomic E-state index is 12.0. The van der Waals surface area contributed by atoms with Gasteiger partial charge in [0, 0.05) is 18.0 Å². The third-order valence-electron chi connectivity index (χ3n) is 3.33. The van der Waals surface area contributed by atoms with Crippen molar-refractivity contribution in [3.63, 3.8) is 0 Å². The summed E-state index contributed by atoms with van der Waals surface area (Å²) in [5, 5.41) is 12.7. The number of fused-ring (bicyclic) bond motifs is 1. The highest BCUT2D eigenvalue weighted by molar-refractivity contribution is 7.16. The van der Waals surface area contributed by atoms with E-state index in [-0.39, 0.29) is 11.7 Å². The Morgan fingerprint density at radius 1 is 1.60 bits per heavy atom. The molecule has 0 saturated carbocycles. The van der Waals surface area contributed by atoms with Crippen LogP contribution in [0.25, 0.3) is 0 Å². The van der Waals surface area contributed by atoms with Gasteiger partial charge >= 0.3 is 0 Å². The molecule has 0 aliphatic carbocycles. The molecule has 0 fully saturated rings. The summed E-state index contributed by atoms with van der Waals surface area (Å²) in [6.45, 7) is 1.76. The predicted molar refractivity (Wildman–Crippen MR) is 75.7 cm³/mol. The SMILES string of the molecule is CN1CCc2c(sc(NC(=O)c3ccco3)c2C#N)C1. The van der Waals surface area contributed by atoms with Crippen LogP contribution in [-0.4, -0.2) is 24.4 Å². The molecule has 5 nitrogen and oxygen atoms in total. The maximum Gasteiger partial charge on any atom is 0.291 e. The summed E-state index contributed by atoms with van der Waals surface area (Å²) < 4.78 is 5.06. The molecule has 102 valence electrons. The van der Waals surface area contributed by atoms with Gasteiger partial charge in [0.1, 0.15) is 11.1 Å². The number of hydrogen-bond acceptors (Lipinski definition) is 5. The Morgan fingerprint density at radius 3 is 3.15 bits per heavy atom. The summed E-state index contributed by atoms with van der Waals surface area (Å²) in [5.41, 5.74) is 1.67. The second-order valence-electron chi connectivity index (χ2n) is 4.74. The summed E-state index contributed by atoms with van der Waals surface area (Å²) in [7, 11) is 2.05. The smallest absolute Gasteiger partial charge is 0.291 e. The molecule has 0 spiro atoms. The minimum Gasteiger partial charge on any atom is -0.459 e. The van der Waals surface area contributed by atoms with Gasteiger partial charge in [0.05, 0.1) is 11.8 Å². The van der Waals surface area contributed by atoms with Crippen molar-refractivity contribution < 1.29 is 9.21 Å². The Bertz CT molecular complexity index is 682. The highest BCUT2D eigenvalue weighted by atomic mass is 32.1. The van der Waals surface area contributed by atoms with Crippen LogP contribution in [0.5, 0.6) is 0 Å². The maximum atomic E-state index is 12.0. The predicted octanol–water partition coefficient (Wildman–Crippen LogP) is 2.45. The van der Waals surface area contributed by atoms with E-state index in [0.717, 1.165) is 30.0 Å². The van der Waals surface area contributed by atoms with Crippen molar-refractivity contribution in [2.75, 3.05) is 18.9 Å². The first kappa shape index (κ1) is 12.9. The monoisotopic (exact) mass is 287 g/mol. The van der Waals surface area contributed by atoms with Gasteiger partial charge in [-0.1, -0.05) is 0 Å². The van der Waals surface area contributed by atoms with Crippen LogP contribution in [-0.2, 0) is 13.0 Å². The number of thiophene rings is 1. The van der Waals surface area contributed by atoms with Crippen molar-refractivity contribution in [3.8, 4) is 6.07 Å². The third-order valence-corrected chi connectivity index (χ3v) is 4.46. The molecule has 2 aromatic heterocycles. The van der Waals surface area contributed by atoms with E-state index in [9.17, 15) is 10.1 Å². The van der Waals surface area contributed by atoms with Crippen molar-refractivity contribution in [3.05, 3.63) is 40.2 Å². The summed E-state index contributed by atoms with van der Waals surface area (Å²) in [6.07, 6.45) is 2.30. The van der Waals surface area contributed by atoms with Gasteiger partial charge in [-0.2, -0.15) is 5.26 Å². The molecule has 0 atom stereocenters. The second-order valence-corrected chi connectivity index (χ2v) is 5.84. The minimum absolute atomic E-state index is 0.248. The molecule has 0 bridgehead atoms. The van der Waals surface area contributed by atoms with Gasteiger partial charge in [-0.05, 0) is 31.2 Å². The lowest BCUT2D eigenvalue weighted by Crippen LogP contribution is -2.25. The number of furan rings is 1. The Kier molecular flexibility index (Phi) is 3.30. The van der Waals surface area contributed by atoms with Crippen molar-refractivity contribution in [2.45, 2.75) is 13.0 Å². The van der Waals surface area contributed by atoms with Gasteiger partial charge in [-0.15, -0.1) is 11.3 Å². The van der Waals surface area contributed by atoms with Crippen LogP contribution >= 0.6 is 11.3 Å². The van der Waals surface area contributed by atoms with Crippen molar-refractivity contribution >= 4 is 22.2 Å². The average Bonchev–Trinajstić information content (AvgIpc) is 3.04. The number of hydrogen-bond donors (Lipinski definition) is 1. The van der Waals surface area contributed by atoms with Crippen LogP contribution in [0.4, 0.5) is 5.00 Å². The van der Waals surface area contributed by atoms with Crippen LogP contribution < -0.4 is 5.32 Å². The van der Waals surface area contributed by atoms with E-state index in [1.54, 1.807) is 12.1 Å². The molecule has 1 aliphatic heterocycles. The lowest BCUT2D eigenvalue weighted by atomic mass is 10.0. The molecular weight excluding hydrogens is 274 g/mol. The lowest BCUT2D eigenvalue weighted by Gasteiger charge is -2.21. The van der Waals surface area contributed by atoms with E-state index in [1.165, 1.54) is 17.6 Å². The molecule has 20 heavy (non-hydrogen) atoms. The van der Waals surface area contributed by atoms with E-state index < -0.39 is 0 Å². The van der Waals surface area contributed by atoms with Crippen molar-refractivity contribution in [2.24, 2.45) is 0 Å². The largest absolute Gasteiger partial charge is 0.459 e. The first-order chi connectivity index (χ1) is 9.69. The molecule has 3 rings (SSSR count). The number of carbonyl (C=O) groups excluding carboxylic acids is 1. The van der Waals surface area contributed by atoms with E-state index >= 15 is 0 Å². The number of carbonyl (C=O) groups is 1. The van der Waals surface area contributed by atoms with Crippen molar-refractivity contribution in [1.82, 2.24) is 4.90 Å². The Hall–Kier alpha value is -2.10. The summed E-state index contributed by atoms with van der Waals surface area (Å²) in [4.78, 5) is 15.4. The number of rotatable bonds is 2. The molecule has 1 aliphatic rings.